The second-order valence-corrected chi connectivity index (χ2v) is 9.17. The fourth-order valence-corrected chi connectivity index (χ4v) is 4.82. The first-order chi connectivity index (χ1) is 15.7. The van der Waals surface area contributed by atoms with E-state index in [4.69, 9.17) is 4.74 Å². The molecule has 0 radical (unpaired) electrons. The van der Waals surface area contributed by atoms with Gasteiger partial charge in [0.25, 0.3) is 5.69 Å². The maximum Gasteiger partial charge on any atom is 0.271 e. The number of methoxy groups -OCH3 is 1. The Morgan fingerprint density at radius 3 is 2.45 bits per heavy atom. The minimum Gasteiger partial charge on any atom is -0.495 e. The van der Waals surface area contributed by atoms with Gasteiger partial charge in [0.1, 0.15) is 10.6 Å². The number of aryl methyl sites for hydroxylation is 1. The molecule has 3 aromatic carbocycles. The van der Waals surface area contributed by atoms with Crippen molar-refractivity contribution in [3.05, 3.63) is 94.0 Å². The zero-order valence-corrected chi connectivity index (χ0v) is 18.9. The zero-order valence-electron chi connectivity index (χ0n) is 18.1. The summed E-state index contributed by atoms with van der Waals surface area (Å²) in [4.78, 5) is 23.1. The Kier molecular flexibility index (Phi) is 7.41. The summed E-state index contributed by atoms with van der Waals surface area (Å²) in [5, 5.41) is 13.5. The maximum atomic E-state index is 13.6. The van der Waals surface area contributed by atoms with Crippen LogP contribution < -0.4 is 10.1 Å². The van der Waals surface area contributed by atoms with E-state index in [0.717, 1.165) is 9.87 Å². The highest BCUT2D eigenvalue weighted by Gasteiger charge is 2.30. The Morgan fingerprint density at radius 1 is 1.06 bits per heavy atom. The molecule has 0 heterocycles. The van der Waals surface area contributed by atoms with E-state index in [0.29, 0.717) is 5.56 Å². The number of benzene rings is 3. The number of anilines is 1. The zero-order chi connectivity index (χ0) is 24.0. The lowest BCUT2D eigenvalue weighted by Gasteiger charge is -2.23. The maximum absolute atomic E-state index is 13.6. The van der Waals surface area contributed by atoms with Crippen LogP contribution in [0, 0.1) is 17.0 Å². The third kappa shape index (κ3) is 5.93. The molecule has 10 heteroatoms. The average Bonchev–Trinajstić information content (AvgIpc) is 2.79. The summed E-state index contributed by atoms with van der Waals surface area (Å²) < 4.78 is 33.5. The van der Waals surface area contributed by atoms with Crippen molar-refractivity contribution < 1.29 is 22.9 Å². The highest BCUT2D eigenvalue weighted by molar-refractivity contribution is 7.89. The van der Waals surface area contributed by atoms with Crippen LogP contribution in [-0.2, 0) is 21.4 Å². The number of non-ortho nitro benzene ring substituents is 1. The van der Waals surface area contributed by atoms with Crippen molar-refractivity contribution in [3.8, 4) is 5.75 Å². The molecule has 0 spiro atoms. The van der Waals surface area contributed by atoms with Gasteiger partial charge in [0, 0.05) is 24.4 Å². The molecule has 0 atom stereocenters. The number of nitrogens with zero attached hydrogens (tertiary/aromatic N) is 2. The average molecular weight is 470 g/mol. The molecule has 0 aliphatic carbocycles. The standard InChI is InChI=1S/C23H23N3O6S/c1-17-11-12-21(32-2)22(13-17)33(30,31)25(15-18-7-4-3-5-8-18)16-23(27)24-19-9-6-10-20(14-19)26(28)29/h3-14H,15-16H2,1-2H3,(H,24,27). The Morgan fingerprint density at radius 2 is 1.79 bits per heavy atom. The van der Waals surface area contributed by atoms with Crippen LogP contribution in [-0.4, -0.2) is 37.2 Å². The molecule has 0 aliphatic heterocycles. The third-order valence-electron chi connectivity index (χ3n) is 4.80. The molecular formula is C23H23N3O6S. The largest absolute Gasteiger partial charge is 0.495 e. The summed E-state index contributed by atoms with van der Waals surface area (Å²) in [7, 11) is -2.76. The lowest BCUT2D eigenvalue weighted by molar-refractivity contribution is -0.384. The highest BCUT2D eigenvalue weighted by Crippen LogP contribution is 2.29. The number of amides is 1. The normalized spacial score (nSPS) is 11.2. The smallest absolute Gasteiger partial charge is 0.271 e. The Labute approximate surface area is 191 Å². The molecule has 3 rings (SSSR count). The summed E-state index contributed by atoms with van der Waals surface area (Å²) in [6, 6.07) is 19.1. The van der Waals surface area contributed by atoms with Gasteiger partial charge in [0.15, 0.2) is 0 Å². The first-order valence-corrected chi connectivity index (χ1v) is 11.4. The van der Waals surface area contributed by atoms with Crippen molar-refractivity contribution in [2.45, 2.75) is 18.4 Å². The third-order valence-corrected chi connectivity index (χ3v) is 6.61. The molecule has 1 amide bonds. The summed E-state index contributed by atoms with van der Waals surface area (Å²) in [6.07, 6.45) is 0. The van der Waals surface area contributed by atoms with E-state index in [1.165, 1.54) is 37.4 Å². The fraction of sp³-hybridized carbons (Fsp3) is 0.174. The number of hydrogen-bond donors (Lipinski definition) is 1. The van der Waals surface area contributed by atoms with Crippen LogP contribution in [0.2, 0.25) is 0 Å². The molecule has 9 nitrogen and oxygen atoms in total. The van der Waals surface area contributed by atoms with Gasteiger partial charge in [-0.25, -0.2) is 8.42 Å². The highest BCUT2D eigenvalue weighted by atomic mass is 32.2. The molecule has 33 heavy (non-hydrogen) atoms. The van der Waals surface area contributed by atoms with E-state index in [1.54, 1.807) is 49.4 Å². The van der Waals surface area contributed by atoms with Crippen LogP contribution >= 0.6 is 0 Å². The monoisotopic (exact) mass is 469 g/mol. The molecule has 3 aromatic rings. The van der Waals surface area contributed by atoms with Gasteiger partial charge in [-0.2, -0.15) is 4.31 Å². The fourth-order valence-electron chi connectivity index (χ4n) is 3.20. The van der Waals surface area contributed by atoms with Crippen molar-refractivity contribution in [3.63, 3.8) is 0 Å². The second kappa shape index (κ2) is 10.2. The Balaban J connectivity index is 1.93. The number of rotatable bonds is 9. The van der Waals surface area contributed by atoms with Gasteiger partial charge >= 0.3 is 0 Å². The topological polar surface area (TPSA) is 119 Å². The number of hydrogen-bond acceptors (Lipinski definition) is 6. The summed E-state index contributed by atoms with van der Waals surface area (Å²) in [6.45, 7) is 1.20. The number of nitro benzene ring substituents is 1. The van der Waals surface area contributed by atoms with Crippen molar-refractivity contribution in [1.29, 1.82) is 0 Å². The molecule has 1 N–H and O–H groups in total. The van der Waals surface area contributed by atoms with E-state index in [-0.39, 0.29) is 28.6 Å². The molecule has 0 saturated heterocycles. The Hall–Kier alpha value is -3.76. The lowest BCUT2D eigenvalue weighted by atomic mass is 10.2. The molecule has 0 fully saturated rings. The number of sulfonamides is 1. The van der Waals surface area contributed by atoms with Gasteiger partial charge < -0.3 is 10.1 Å². The lowest BCUT2D eigenvalue weighted by Crippen LogP contribution is -2.37. The minimum absolute atomic E-state index is 0.0518. The van der Waals surface area contributed by atoms with Gasteiger partial charge in [-0.3, -0.25) is 14.9 Å². The molecule has 0 unspecified atom stereocenters. The molecule has 0 bridgehead atoms. The number of nitrogens with one attached hydrogen (secondary N) is 1. The second-order valence-electron chi connectivity index (χ2n) is 7.27. The first kappa shape index (κ1) is 23.9. The predicted molar refractivity (Wildman–Crippen MR) is 123 cm³/mol. The Bertz CT molecular complexity index is 1260. The summed E-state index contributed by atoms with van der Waals surface area (Å²) in [5.41, 5.74) is 1.41. The SMILES string of the molecule is COc1ccc(C)cc1S(=O)(=O)N(CC(=O)Nc1cccc([N+](=O)[O-])c1)Cc1ccccc1. The van der Waals surface area contributed by atoms with Crippen molar-refractivity contribution in [2.24, 2.45) is 0 Å². The number of carbonyl (C=O) groups is 1. The van der Waals surface area contributed by atoms with Crippen LogP contribution in [0.3, 0.4) is 0 Å². The van der Waals surface area contributed by atoms with E-state index in [2.05, 4.69) is 5.32 Å². The molecule has 0 aromatic heterocycles. The quantitative estimate of drug-likeness (QED) is 0.377. The van der Waals surface area contributed by atoms with Crippen molar-refractivity contribution in [2.75, 3.05) is 19.0 Å². The molecule has 0 aliphatic rings. The van der Waals surface area contributed by atoms with Crippen LogP contribution in [0.25, 0.3) is 0 Å². The summed E-state index contributed by atoms with van der Waals surface area (Å²) >= 11 is 0. The van der Waals surface area contributed by atoms with Gasteiger partial charge in [-0.1, -0.05) is 42.5 Å². The van der Waals surface area contributed by atoms with Gasteiger partial charge in [0.05, 0.1) is 18.6 Å². The van der Waals surface area contributed by atoms with Crippen molar-refractivity contribution in [1.82, 2.24) is 4.31 Å². The van der Waals surface area contributed by atoms with Gasteiger partial charge in [-0.15, -0.1) is 0 Å². The molecule has 172 valence electrons. The minimum atomic E-state index is -4.13. The van der Waals surface area contributed by atoms with E-state index < -0.39 is 27.4 Å². The number of nitro groups is 1. The number of ether oxygens (including phenoxy) is 1. The van der Waals surface area contributed by atoms with E-state index >= 15 is 0 Å². The van der Waals surface area contributed by atoms with Crippen LogP contribution in [0.4, 0.5) is 11.4 Å². The molecule has 0 saturated carbocycles. The van der Waals surface area contributed by atoms with E-state index in [1.807, 2.05) is 0 Å². The van der Waals surface area contributed by atoms with Crippen molar-refractivity contribution >= 4 is 27.3 Å². The van der Waals surface area contributed by atoms with Crippen LogP contribution in [0.15, 0.2) is 77.7 Å². The predicted octanol–water partition coefficient (Wildman–Crippen LogP) is 3.74. The van der Waals surface area contributed by atoms with Crippen LogP contribution in [0.5, 0.6) is 5.75 Å². The van der Waals surface area contributed by atoms with Gasteiger partial charge in [-0.05, 0) is 36.2 Å². The number of carbonyl (C=O) groups excluding carboxylic acids is 1. The van der Waals surface area contributed by atoms with Crippen LogP contribution in [0.1, 0.15) is 11.1 Å². The molecular weight excluding hydrogens is 446 g/mol. The summed E-state index contributed by atoms with van der Waals surface area (Å²) in [5.74, 6) is -0.473. The first-order valence-electron chi connectivity index (χ1n) is 9.93. The van der Waals surface area contributed by atoms with Gasteiger partial charge in [0.2, 0.25) is 15.9 Å². The van der Waals surface area contributed by atoms with E-state index in [9.17, 15) is 23.3 Å².